The van der Waals surface area contributed by atoms with Gasteiger partial charge in [0.1, 0.15) is 6.10 Å². The molecule has 0 aromatic heterocycles. The van der Waals surface area contributed by atoms with Crippen molar-refractivity contribution in [1.29, 1.82) is 0 Å². The third-order valence-corrected chi connectivity index (χ3v) is 9.68. The van der Waals surface area contributed by atoms with E-state index in [1.165, 1.54) is 0 Å². The summed E-state index contributed by atoms with van der Waals surface area (Å²) in [4.78, 5) is 0. The lowest BCUT2D eigenvalue weighted by Gasteiger charge is -2.42. The van der Waals surface area contributed by atoms with E-state index in [-0.39, 0.29) is 29.1 Å². The Kier molecular flexibility index (Phi) is 9.16. The average Bonchev–Trinajstić information content (AvgIpc) is 2.44. The third kappa shape index (κ3) is 6.47. The maximum absolute atomic E-state index is 10.3. The summed E-state index contributed by atoms with van der Waals surface area (Å²) < 4.78 is 12.3. The van der Waals surface area contributed by atoms with Gasteiger partial charge >= 0.3 is 0 Å². The van der Waals surface area contributed by atoms with Crippen LogP contribution < -0.4 is 0 Å². The van der Waals surface area contributed by atoms with Crippen LogP contribution in [0.15, 0.2) is 24.3 Å². The van der Waals surface area contributed by atoms with Gasteiger partial charge in [-0.2, -0.15) is 0 Å². The monoisotopic (exact) mass is 356 g/mol. The first-order valence-electron chi connectivity index (χ1n) is 8.98. The van der Waals surface area contributed by atoms with Crippen molar-refractivity contribution in [3.05, 3.63) is 24.3 Å². The zero-order valence-corrected chi connectivity index (χ0v) is 18.5. The van der Waals surface area contributed by atoms with E-state index in [9.17, 15) is 5.11 Å². The molecule has 1 N–H and O–H groups in total. The Bertz CT molecular complexity index is 421. The number of rotatable bonds is 9. The molecule has 0 aliphatic rings. The molecule has 142 valence electrons. The van der Waals surface area contributed by atoms with Gasteiger partial charge in [0, 0.05) is 13.0 Å². The van der Waals surface area contributed by atoms with Gasteiger partial charge in [-0.1, -0.05) is 53.7 Å². The summed E-state index contributed by atoms with van der Waals surface area (Å²) in [7, 11) is -0.251. The SMILES string of the molecule is C=C[C@H](OC)[C@@H](O[Si](C)(C)C(C)(C)C)[C@H](C)C=C(C)[C@@H](O)C(C)C. The van der Waals surface area contributed by atoms with Gasteiger partial charge in [0.05, 0.1) is 12.2 Å². The molecule has 0 bridgehead atoms. The van der Waals surface area contributed by atoms with Gasteiger partial charge in [0.25, 0.3) is 0 Å². The summed E-state index contributed by atoms with van der Waals surface area (Å²) in [6.07, 6.45) is 3.23. The molecule has 0 saturated heterocycles. The first-order valence-corrected chi connectivity index (χ1v) is 11.9. The zero-order valence-electron chi connectivity index (χ0n) is 17.5. The zero-order chi connectivity index (χ0) is 19.3. The highest BCUT2D eigenvalue weighted by Crippen LogP contribution is 2.39. The van der Waals surface area contributed by atoms with Crippen LogP contribution in [-0.4, -0.2) is 38.8 Å². The van der Waals surface area contributed by atoms with E-state index in [4.69, 9.17) is 9.16 Å². The molecule has 0 aliphatic heterocycles. The number of aliphatic hydroxyl groups excluding tert-OH is 1. The van der Waals surface area contributed by atoms with Crippen molar-refractivity contribution in [2.45, 2.75) is 84.9 Å². The number of hydrogen-bond donors (Lipinski definition) is 1. The molecule has 4 heteroatoms. The lowest BCUT2D eigenvalue weighted by atomic mass is 9.93. The highest BCUT2D eigenvalue weighted by molar-refractivity contribution is 6.74. The predicted molar refractivity (Wildman–Crippen MR) is 107 cm³/mol. The minimum Gasteiger partial charge on any atom is -0.410 e. The van der Waals surface area contributed by atoms with Gasteiger partial charge in [0.2, 0.25) is 0 Å². The Hall–Kier alpha value is -0.423. The van der Waals surface area contributed by atoms with Crippen molar-refractivity contribution >= 4 is 8.32 Å². The quantitative estimate of drug-likeness (QED) is 0.457. The van der Waals surface area contributed by atoms with Crippen LogP contribution in [0.1, 0.15) is 48.5 Å². The van der Waals surface area contributed by atoms with Crippen molar-refractivity contribution in [1.82, 2.24) is 0 Å². The standard InChI is InChI=1S/C20H40O3Si/c1-12-17(22-9)19(23-24(10,11)20(6,7)8)16(5)13-15(4)18(21)14(2)3/h12-14,16-19,21H,1H2,2-11H3/t16-,17+,18+,19+/m1/s1. The highest BCUT2D eigenvalue weighted by atomic mass is 28.4. The molecule has 0 aromatic rings. The summed E-state index contributed by atoms with van der Waals surface area (Å²) in [6, 6.07) is 0. The fourth-order valence-electron chi connectivity index (χ4n) is 2.49. The van der Waals surface area contributed by atoms with Crippen LogP contribution in [0, 0.1) is 11.8 Å². The summed E-state index contributed by atoms with van der Waals surface area (Å²) in [5.41, 5.74) is 0.986. The van der Waals surface area contributed by atoms with Crippen molar-refractivity contribution in [2.75, 3.05) is 7.11 Å². The van der Waals surface area contributed by atoms with E-state index in [2.05, 4.69) is 53.4 Å². The van der Waals surface area contributed by atoms with E-state index in [0.717, 1.165) is 5.57 Å². The molecular weight excluding hydrogens is 316 g/mol. The Morgan fingerprint density at radius 3 is 2.00 bits per heavy atom. The fraction of sp³-hybridized carbons (Fsp3) is 0.800. The number of methoxy groups -OCH3 is 1. The van der Waals surface area contributed by atoms with Gasteiger partial charge < -0.3 is 14.3 Å². The second-order valence-electron chi connectivity index (χ2n) is 8.74. The van der Waals surface area contributed by atoms with Crippen molar-refractivity contribution in [2.24, 2.45) is 11.8 Å². The lowest BCUT2D eigenvalue weighted by Crippen LogP contribution is -2.49. The van der Waals surface area contributed by atoms with Crippen LogP contribution >= 0.6 is 0 Å². The Morgan fingerprint density at radius 1 is 1.17 bits per heavy atom. The predicted octanol–water partition coefficient (Wildman–Crippen LogP) is 5.18. The largest absolute Gasteiger partial charge is 0.410 e. The summed E-state index contributed by atoms with van der Waals surface area (Å²) in [5.74, 6) is 0.321. The molecule has 0 spiro atoms. The van der Waals surface area contributed by atoms with Crippen molar-refractivity contribution < 1.29 is 14.3 Å². The molecule has 24 heavy (non-hydrogen) atoms. The highest BCUT2D eigenvalue weighted by Gasteiger charge is 2.41. The Labute approximate surface area is 151 Å². The van der Waals surface area contributed by atoms with Crippen LogP contribution in [0.4, 0.5) is 0 Å². The second kappa shape index (κ2) is 9.32. The minimum absolute atomic E-state index is 0.109. The Balaban J connectivity index is 5.58. The molecule has 4 atom stereocenters. The van der Waals surface area contributed by atoms with Crippen molar-refractivity contribution in [3.8, 4) is 0 Å². The first-order chi connectivity index (χ1) is 10.8. The number of aliphatic hydroxyl groups is 1. The smallest absolute Gasteiger partial charge is 0.192 e. The van der Waals surface area contributed by atoms with Gasteiger partial charge in [-0.15, -0.1) is 6.58 Å². The molecular formula is C20H40O3Si. The van der Waals surface area contributed by atoms with E-state index in [0.29, 0.717) is 0 Å². The topological polar surface area (TPSA) is 38.7 Å². The second-order valence-corrected chi connectivity index (χ2v) is 13.5. The van der Waals surface area contributed by atoms with Crippen LogP contribution in [-0.2, 0) is 9.16 Å². The fourth-order valence-corrected chi connectivity index (χ4v) is 3.87. The molecule has 0 radical (unpaired) electrons. The van der Waals surface area contributed by atoms with Gasteiger partial charge in [-0.3, -0.25) is 0 Å². The summed E-state index contributed by atoms with van der Waals surface area (Å²) in [6.45, 7) is 23.3. The van der Waals surface area contributed by atoms with Gasteiger partial charge in [0.15, 0.2) is 8.32 Å². The minimum atomic E-state index is -1.95. The molecule has 0 aromatic carbocycles. The van der Waals surface area contributed by atoms with E-state index < -0.39 is 14.4 Å². The summed E-state index contributed by atoms with van der Waals surface area (Å²) >= 11 is 0. The van der Waals surface area contributed by atoms with E-state index >= 15 is 0 Å². The van der Waals surface area contributed by atoms with Crippen molar-refractivity contribution in [3.63, 3.8) is 0 Å². The molecule has 0 heterocycles. The molecule has 0 rings (SSSR count). The maximum Gasteiger partial charge on any atom is 0.192 e. The molecule has 3 nitrogen and oxygen atoms in total. The molecule has 0 unspecified atom stereocenters. The van der Waals surface area contributed by atoms with Crippen LogP contribution in [0.2, 0.25) is 18.1 Å². The average molecular weight is 357 g/mol. The van der Waals surface area contributed by atoms with E-state index in [1.807, 2.05) is 26.8 Å². The van der Waals surface area contributed by atoms with E-state index in [1.54, 1.807) is 7.11 Å². The van der Waals surface area contributed by atoms with Crippen LogP contribution in [0.25, 0.3) is 0 Å². The van der Waals surface area contributed by atoms with Crippen LogP contribution in [0.3, 0.4) is 0 Å². The lowest BCUT2D eigenvalue weighted by molar-refractivity contribution is 0.00566. The molecule has 0 aliphatic carbocycles. The van der Waals surface area contributed by atoms with Crippen LogP contribution in [0.5, 0.6) is 0 Å². The third-order valence-electron chi connectivity index (χ3n) is 5.21. The van der Waals surface area contributed by atoms with Gasteiger partial charge in [-0.05, 0) is 36.5 Å². The first kappa shape index (κ1) is 23.6. The molecule has 0 amide bonds. The summed E-state index contributed by atoms with van der Waals surface area (Å²) in [5, 5.41) is 10.4. The molecule has 0 saturated carbocycles. The number of hydrogen-bond acceptors (Lipinski definition) is 3. The maximum atomic E-state index is 10.3. The normalized spacial score (nSPS) is 19.1. The van der Waals surface area contributed by atoms with Gasteiger partial charge in [-0.25, -0.2) is 0 Å². The molecule has 0 fully saturated rings. The number of ether oxygens (including phenoxy) is 1. The Morgan fingerprint density at radius 2 is 1.67 bits per heavy atom.